The summed E-state index contributed by atoms with van der Waals surface area (Å²) in [5.41, 5.74) is 1.43. The Labute approximate surface area is 132 Å². The second kappa shape index (κ2) is 6.65. The number of nitrogens with zero attached hydrogens (tertiary/aromatic N) is 2. The van der Waals surface area contributed by atoms with Crippen molar-refractivity contribution in [3.05, 3.63) is 78.5 Å². The molecule has 0 saturated heterocycles. The summed E-state index contributed by atoms with van der Waals surface area (Å²) in [6, 6.07) is 13.1. The van der Waals surface area contributed by atoms with Crippen LogP contribution >= 0.6 is 0 Å². The molecule has 0 atom stereocenters. The molecule has 5 nitrogen and oxygen atoms in total. The number of anilines is 3. The summed E-state index contributed by atoms with van der Waals surface area (Å²) in [6.07, 6.45) is 4.59. The number of rotatable bonds is 4. The summed E-state index contributed by atoms with van der Waals surface area (Å²) >= 11 is 0. The molecule has 0 aliphatic rings. The number of nitrogens with one attached hydrogen (secondary N) is 2. The number of aromatic nitrogens is 2. The van der Waals surface area contributed by atoms with Crippen LogP contribution in [0.5, 0.6) is 0 Å². The minimum atomic E-state index is -0.346. The highest BCUT2D eigenvalue weighted by molar-refractivity contribution is 6.03. The van der Waals surface area contributed by atoms with Crippen LogP contribution in [-0.4, -0.2) is 15.9 Å². The Morgan fingerprint density at radius 1 is 1.00 bits per heavy atom. The van der Waals surface area contributed by atoms with Gasteiger partial charge in [-0.15, -0.1) is 0 Å². The van der Waals surface area contributed by atoms with Gasteiger partial charge in [0.05, 0.1) is 23.1 Å². The molecule has 0 aliphatic heterocycles. The molecule has 0 spiro atoms. The van der Waals surface area contributed by atoms with Crippen LogP contribution in [0.2, 0.25) is 0 Å². The minimum absolute atomic E-state index is 0.291. The Balaban J connectivity index is 1.68. The summed E-state index contributed by atoms with van der Waals surface area (Å²) in [5, 5.41) is 5.59. The van der Waals surface area contributed by atoms with Gasteiger partial charge >= 0.3 is 0 Å². The number of hydrogen-bond acceptors (Lipinski definition) is 4. The van der Waals surface area contributed by atoms with Crippen molar-refractivity contribution < 1.29 is 9.18 Å². The quantitative estimate of drug-likeness (QED) is 0.772. The van der Waals surface area contributed by atoms with Crippen LogP contribution in [0, 0.1) is 5.82 Å². The maximum atomic E-state index is 13.6. The first-order valence-corrected chi connectivity index (χ1v) is 6.91. The van der Waals surface area contributed by atoms with Gasteiger partial charge in [-0.1, -0.05) is 12.1 Å². The Bertz CT molecular complexity index is 806. The molecule has 2 aromatic heterocycles. The molecule has 3 aromatic rings. The largest absolute Gasteiger partial charge is 0.352 e. The summed E-state index contributed by atoms with van der Waals surface area (Å²) < 4.78 is 13.6. The van der Waals surface area contributed by atoms with E-state index in [0.717, 1.165) is 0 Å². The lowest BCUT2D eigenvalue weighted by Gasteiger charge is -2.08. The van der Waals surface area contributed by atoms with Crippen LogP contribution in [0.1, 0.15) is 10.4 Å². The third-order valence-electron chi connectivity index (χ3n) is 3.08. The van der Waals surface area contributed by atoms with Crippen molar-refractivity contribution in [3.63, 3.8) is 0 Å². The van der Waals surface area contributed by atoms with E-state index in [1.165, 1.54) is 18.5 Å². The number of amides is 1. The van der Waals surface area contributed by atoms with Gasteiger partial charge in [-0.25, -0.2) is 9.37 Å². The van der Waals surface area contributed by atoms with E-state index in [-0.39, 0.29) is 11.7 Å². The zero-order valence-corrected chi connectivity index (χ0v) is 12.0. The van der Waals surface area contributed by atoms with E-state index in [4.69, 9.17) is 0 Å². The van der Waals surface area contributed by atoms with E-state index in [9.17, 15) is 9.18 Å². The topological polar surface area (TPSA) is 66.9 Å². The van der Waals surface area contributed by atoms with Gasteiger partial charge in [-0.2, -0.15) is 0 Å². The third-order valence-corrected chi connectivity index (χ3v) is 3.08. The number of carbonyl (C=O) groups is 1. The predicted molar refractivity (Wildman–Crippen MR) is 86.1 cm³/mol. The molecule has 6 heteroatoms. The smallest absolute Gasteiger partial charge is 0.258 e. The molecule has 0 unspecified atom stereocenters. The molecule has 0 radical (unpaired) electrons. The van der Waals surface area contributed by atoms with Crippen LogP contribution < -0.4 is 10.6 Å². The molecule has 2 N–H and O–H groups in total. The van der Waals surface area contributed by atoms with Crippen molar-refractivity contribution in [2.24, 2.45) is 0 Å². The fraction of sp³-hybridized carbons (Fsp3) is 0. The van der Waals surface area contributed by atoms with Crippen molar-refractivity contribution in [1.82, 2.24) is 9.97 Å². The summed E-state index contributed by atoms with van der Waals surface area (Å²) in [6.45, 7) is 0. The van der Waals surface area contributed by atoms with E-state index in [1.807, 2.05) is 0 Å². The van der Waals surface area contributed by atoms with Crippen LogP contribution in [0.3, 0.4) is 0 Å². The van der Waals surface area contributed by atoms with Crippen molar-refractivity contribution in [3.8, 4) is 0 Å². The zero-order chi connectivity index (χ0) is 16.1. The van der Waals surface area contributed by atoms with E-state index >= 15 is 0 Å². The monoisotopic (exact) mass is 308 g/mol. The number of benzene rings is 1. The first kappa shape index (κ1) is 14.6. The van der Waals surface area contributed by atoms with Gasteiger partial charge in [0.15, 0.2) is 0 Å². The molecule has 2 heterocycles. The highest BCUT2D eigenvalue weighted by Crippen LogP contribution is 2.19. The van der Waals surface area contributed by atoms with Gasteiger partial charge in [0.25, 0.3) is 5.91 Å². The fourth-order valence-corrected chi connectivity index (χ4v) is 1.95. The molecule has 0 fully saturated rings. The first-order chi connectivity index (χ1) is 11.2. The van der Waals surface area contributed by atoms with Crippen LogP contribution in [-0.2, 0) is 0 Å². The molecule has 114 valence electrons. The summed E-state index contributed by atoms with van der Waals surface area (Å²) in [5.74, 6) is -0.236. The van der Waals surface area contributed by atoms with Crippen molar-refractivity contribution in [2.45, 2.75) is 0 Å². The second-order valence-corrected chi connectivity index (χ2v) is 4.73. The van der Waals surface area contributed by atoms with Gasteiger partial charge in [0, 0.05) is 12.4 Å². The average Bonchev–Trinajstić information content (AvgIpc) is 2.59. The zero-order valence-electron chi connectivity index (χ0n) is 12.0. The number of carbonyl (C=O) groups excluding carboxylic acids is 1. The molecule has 1 amide bonds. The second-order valence-electron chi connectivity index (χ2n) is 4.73. The van der Waals surface area contributed by atoms with E-state index in [2.05, 4.69) is 20.6 Å². The lowest BCUT2D eigenvalue weighted by Crippen LogP contribution is -2.13. The molecule has 0 saturated carbocycles. The number of pyridine rings is 2. The van der Waals surface area contributed by atoms with Crippen molar-refractivity contribution in [2.75, 3.05) is 10.6 Å². The van der Waals surface area contributed by atoms with Crippen LogP contribution in [0.15, 0.2) is 67.1 Å². The number of para-hydroxylation sites is 1. The number of hydrogen-bond donors (Lipinski definition) is 2. The Hall–Kier alpha value is -3.28. The van der Waals surface area contributed by atoms with Gasteiger partial charge in [-0.05, 0) is 36.4 Å². The van der Waals surface area contributed by atoms with Crippen molar-refractivity contribution in [1.29, 1.82) is 0 Å². The molecule has 1 aromatic carbocycles. The Kier molecular flexibility index (Phi) is 4.24. The van der Waals surface area contributed by atoms with Crippen molar-refractivity contribution >= 4 is 23.1 Å². The number of halogens is 1. The van der Waals surface area contributed by atoms with Gasteiger partial charge < -0.3 is 10.6 Å². The summed E-state index contributed by atoms with van der Waals surface area (Å²) in [4.78, 5) is 20.0. The predicted octanol–water partition coefficient (Wildman–Crippen LogP) is 3.61. The molecular weight excluding hydrogens is 295 g/mol. The molecular formula is C17H13FN4O. The Morgan fingerprint density at radius 2 is 1.87 bits per heavy atom. The lowest BCUT2D eigenvalue weighted by atomic mass is 10.2. The van der Waals surface area contributed by atoms with Crippen LogP contribution in [0.4, 0.5) is 21.6 Å². The normalized spacial score (nSPS) is 10.1. The SMILES string of the molecule is O=C(Nc1ccc(Nc2ccccc2F)cn1)c1cccnc1. The highest BCUT2D eigenvalue weighted by Gasteiger charge is 2.07. The van der Waals surface area contributed by atoms with E-state index in [0.29, 0.717) is 22.8 Å². The standard InChI is InChI=1S/C17H13FN4O/c18-14-5-1-2-6-15(14)21-13-7-8-16(20-11-13)22-17(23)12-4-3-9-19-10-12/h1-11,21H,(H,20,22,23). The third kappa shape index (κ3) is 3.68. The van der Waals surface area contributed by atoms with Gasteiger partial charge in [0.2, 0.25) is 0 Å². The molecule has 0 aliphatic carbocycles. The van der Waals surface area contributed by atoms with E-state index < -0.39 is 0 Å². The van der Waals surface area contributed by atoms with Gasteiger partial charge in [0.1, 0.15) is 11.6 Å². The molecule has 0 bridgehead atoms. The molecule has 3 rings (SSSR count). The lowest BCUT2D eigenvalue weighted by molar-refractivity contribution is 0.102. The van der Waals surface area contributed by atoms with Gasteiger partial charge in [-0.3, -0.25) is 9.78 Å². The van der Waals surface area contributed by atoms with Crippen LogP contribution in [0.25, 0.3) is 0 Å². The maximum Gasteiger partial charge on any atom is 0.258 e. The summed E-state index contributed by atoms with van der Waals surface area (Å²) in [7, 11) is 0. The average molecular weight is 308 g/mol. The minimum Gasteiger partial charge on any atom is -0.352 e. The molecule has 23 heavy (non-hydrogen) atoms. The first-order valence-electron chi connectivity index (χ1n) is 6.91. The maximum absolute atomic E-state index is 13.6. The Morgan fingerprint density at radius 3 is 2.57 bits per heavy atom. The fourth-order valence-electron chi connectivity index (χ4n) is 1.95. The van der Waals surface area contributed by atoms with E-state index in [1.54, 1.807) is 48.7 Å². The highest BCUT2D eigenvalue weighted by atomic mass is 19.1.